The van der Waals surface area contributed by atoms with Gasteiger partial charge in [0.25, 0.3) is 0 Å². The highest BCUT2D eigenvalue weighted by atomic mass is 31.1. The third-order valence-electron chi connectivity index (χ3n) is 1.10. The van der Waals surface area contributed by atoms with Gasteiger partial charge >= 0.3 is 0 Å². The van der Waals surface area contributed by atoms with Crippen molar-refractivity contribution in [1.29, 1.82) is 0 Å². The van der Waals surface area contributed by atoms with E-state index in [2.05, 4.69) is 43.9 Å². The van der Waals surface area contributed by atoms with Crippen LogP contribution in [0.5, 0.6) is 0 Å². The Bertz CT molecular complexity index is 174. The van der Waals surface area contributed by atoms with Crippen molar-refractivity contribution in [3.63, 3.8) is 0 Å². The Morgan fingerprint density at radius 1 is 0.909 bits per heavy atom. The molecule has 0 unspecified atom stereocenters. The van der Waals surface area contributed by atoms with Gasteiger partial charge in [-0.1, -0.05) is 43.9 Å². The molecule has 60 valence electrons. The first kappa shape index (κ1) is 10.6. The minimum atomic E-state index is -0.292. The monoisotopic (exact) mass is 166 g/mol. The summed E-state index contributed by atoms with van der Waals surface area (Å²) < 4.78 is 0. The maximum Gasteiger partial charge on any atom is 0.0498 e. The molecule has 0 aliphatic rings. The summed E-state index contributed by atoms with van der Waals surface area (Å²) >= 11 is 0. The van der Waals surface area contributed by atoms with Gasteiger partial charge < -0.3 is 0 Å². The van der Waals surface area contributed by atoms with Crippen LogP contribution in [0.3, 0.4) is 0 Å². The van der Waals surface area contributed by atoms with Crippen LogP contribution in [0.4, 0.5) is 0 Å². The van der Waals surface area contributed by atoms with E-state index in [-0.39, 0.29) is 7.92 Å². The predicted molar refractivity (Wildman–Crippen MR) is 53.6 cm³/mol. The number of hydrogen-bond acceptors (Lipinski definition) is 0. The van der Waals surface area contributed by atoms with Gasteiger partial charge in [-0.3, -0.25) is 0 Å². The van der Waals surface area contributed by atoms with Crippen molar-refractivity contribution in [2.24, 2.45) is 0 Å². The summed E-state index contributed by atoms with van der Waals surface area (Å²) in [6.45, 7) is 6.30. The molecular formula is C10H15P. The molecule has 0 amide bonds. The second kappa shape index (κ2) is 7.65. The van der Waals surface area contributed by atoms with E-state index in [1.54, 1.807) is 0 Å². The van der Waals surface area contributed by atoms with Crippen molar-refractivity contribution in [1.82, 2.24) is 0 Å². The third kappa shape index (κ3) is 5.97. The molecule has 0 saturated carbocycles. The van der Waals surface area contributed by atoms with E-state index < -0.39 is 0 Å². The number of hydrogen-bond donors (Lipinski definition) is 0. The average molecular weight is 166 g/mol. The summed E-state index contributed by atoms with van der Waals surface area (Å²) in [5, 5.41) is 0. The first-order chi connectivity index (χ1) is 5.35. The summed E-state index contributed by atoms with van der Waals surface area (Å²) in [5.74, 6) is 6.17. The molecular weight excluding hydrogens is 151 g/mol. The highest BCUT2D eigenvalue weighted by Crippen LogP contribution is 2.30. The molecule has 0 radical (unpaired) electrons. The van der Waals surface area contributed by atoms with E-state index in [0.29, 0.717) is 0 Å². The quantitative estimate of drug-likeness (QED) is 0.414. The van der Waals surface area contributed by atoms with E-state index in [4.69, 9.17) is 0 Å². The Kier molecular flexibility index (Phi) is 7.34. The van der Waals surface area contributed by atoms with Crippen LogP contribution >= 0.6 is 7.92 Å². The summed E-state index contributed by atoms with van der Waals surface area (Å²) in [6.07, 6.45) is 3.01. The van der Waals surface area contributed by atoms with Crippen LogP contribution in [-0.4, -0.2) is 6.16 Å². The van der Waals surface area contributed by atoms with Gasteiger partial charge in [0.05, 0.1) is 0 Å². The smallest absolute Gasteiger partial charge is 0.0498 e. The van der Waals surface area contributed by atoms with Gasteiger partial charge in [0.1, 0.15) is 0 Å². The molecule has 0 bridgehead atoms. The fraction of sp³-hybridized carbons (Fsp3) is 0.600. The molecule has 0 aliphatic carbocycles. The van der Waals surface area contributed by atoms with Crippen molar-refractivity contribution in [3.8, 4) is 23.2 Å². The molecule has 0 heterocycles. The van der Waals surface area contributed by atoms with Gasteiger partial charge in [0, 0.05) is 20.8 Å². The zero-order valence-corrected chi connectivity index (χ0v) is 8.46. The van der Waals surface area contributed by atoms with Gasteiger partial charge in [-0.15, -0.1) is 0 Å². The van der Waals surface area contributed by atoms with Crippen LogP contribution in [0.25, 0.3) is 0 Å². The Hall–Kier alpha value is -0.450. The Balaban J connectivity index is 3.95. The maximum atomic E-state index is 3.20. The zero-order valence-electron chi connectivity index (χ0n) is 7.57. The lowest BCUT2D eigenvalue weighted by Crippen LogP contribution is -1.69. The highest BCUT2D eigenvalue weighted by molar-refractivity contribution is 7.67. The summed E-state index contributed by atoms with van der Waals surface area (Å²) in [4.78, 5) is 0. The zero-order chi connectivity index (χ0) is 8.53. The maximum absolute atomic E-state index is 3.20. The standard InChI is InChI=1S/C10H15P/c1-4-7-9-11(6-3)10-8-5-2/h4-6H2,1-3H3. The van der Waals surface area contributed by atoms with Crippen LogP contribution in [-0.2, 0) is 0 Å². The van der Waals surface area contributed by atoms with E-state index in [1.165, 1.54) is 0 Å². The molecule has 0 rings (SSSR count). The highest BCUT2D eigenvalue weighted by Gasteiger charge is 1.92. The van der Waals surface area contributed by atoms with Crippen LogP contribution in [0.2, 0.25) is 0 Å². The summed E-state index contributed by atoms with van der Waals surface area (Å²) in [5.41, 5.74) is 6.39. The third-order valence-corrected chi connectivity index (χ3v) is 2.59. The Morgan fingerprint density at radius 3 is 1.64 bits per heavy atom. The lowest BCUT2D eigenvalue weighted by molar-refractivity contribution is 1.28. The van der Waals surface area contributed by atoms with Crippen molar-refractivity contribution in [2.75, 3.05) is 6.16 Å². The molecule has 1 heteroatoms. The van der Waals surface area contributed by atoms with Crippen molar-refractivity contribution in [3.05, 3.63) is 0 Å². The second-order valence-electron chi connectivity index (χ2n) is 2.03. The minimum Gasteiger partial charge on any atom is -0.0980 e. The summed E-state index contributed by atoms with van der Waals surface area (Å²) in [6, 6.07) is 0. The van der Waals surface area contributed by atoms with Gasteiger partial charge in [-0.05, 0) is 6.16 Å². The predicted octanol–water partition coefficient (Wildman–Crippen LogP) is 3.23. The van der Waals surface area contributed by atoms with Gasteiger partial charge in [-0.2, -0.15) is 0 Å². The minimum absolute atomic E-state index is 0.292. The molecule has 0 N–H and O–H groups in total. The van der Waals surface area contributed by atoms with Crippen LogP contribution in [0.1, 0.15) is 33.6 Å². The second-order valence-corrected chi connectivity index (χ2v) is 3.96. The van der Waals surface area contributed by atoms with Crippen LogP contribution in [0, 0.1) is 23.2 Å². The Morgan fingerprint density at radius 2 is 1.36 bits per heavy atom. The number of rotatable bonds is 1. The molecule has 0 spiro atoms. The lowest BCUT2D eigenvalue weighted by Gasteiger charge is -1.94. The molecule has 0 aromatic heterocycles. The molecule has 0 aromatic carbocycles. The molecule has 0 atom stereocenters. The van der Waals surface area contributed by atoms with E-state index in [1.807, 2.05) is 0 Å². The lowest BCUT2D eigenvalue weighted by atomic mass is 10.5. The molecule has 0 nitrogen and oxygen atoms in total. The van der Waals surface area contributed by atoms with E-state index >= 15 is 0 Å². The first-order valence-electron chi connectivity index (χ1n) is 4.09. The first-order valence-corrected chi connectivity index (χ1v) is 5.62. The average Bonchev–Trinajstić information content (AvgIpc) is 2.05. The van der Waals surface area contributed by atoms with E-state index in [0.717, 1.165) is 19.0 Å². The normalized spacial score (nSPS) is 8.00. The SMILES string of the molecule is CCC#CP(C#CCC)CC. The Labute approximate surface area is 71.5 Å². The van der Waals surface area contributed by atoms with Crippen molar-refractivity contribution < 1.29 is 0 Å². The largest absolute Gasteiger partial charge is 0.0980 e. The fourth-order valence-corrected chi connectivity index (χ4v) is 1.61. The molecule has 11 heavy (non-hydrogen) atoms. The molecule has 0 aliphatic heterocycles. The molecule has 0 aromatic rings. The summed E-state index contributed by atoms with van der Waals surface area (Å²) in [7, 11) is -0.292. The van der Waals surface area contributed by atoms with Gasteiger partial charge in [-0.25, -0.2) is 0 Å². The van der Waals surface area contributed by atoms with Crippen LogP contribution in [0.15, 0.2) is 0 Å². The van der Waals surface area contributed by atoms with Crippen molar-refractivity contribution in [2.45, 2.75) is 33.6 Å². The van der Waals surface area contributed by atoms with Gasteiger partial charge in [0.15, 0.2) is 0 Å². The van der Waals surface area contributed by atoms with Crippen LogP contribution < -0.4 is 0 Å². The van der Waals surface area contributed by atoms with Crippen molar-refractivity contribution >= 4 is 7.92 Å². The fourth-order valence-electron chi connectivity index (χ4n) is 0.535. The van der Waals surface area contributed by atoms with E-state index in [9.17, 15) is 0 Å². The molecule has 0 fully saturated rings. The van der Waals surface area contributed by atoms with Gasteiger partial charge in [0.2, 0.25) is 0 Å². The topological polar surface area (TPSA) is 0 Å². The molecule has 0 saturated heterocycles.